The molecule has 1 atom stereocenters. The van der Waals surface area contributed by atoms with Crippen molar-refractivity contribution in [2.24, 2.45) is 0 Å². The van der Waals surface area contributed by atoms with Gasteiger partial charge in [-0.1, -0.05) is 11.6 Å². The van der Waals surface area contributed by atoms with Gasteiger partial charge in [-0.3, -0.25) is 14.9 Å². The summed E-state index contributed by atoms with van der Waals surface area (Å²) >= 11 is 5.98. The van der Waals surface area contributed by atoms with Gasteiger partial charge < -0.3 is 10.6 Å². The van der Waals surface area contributed by atoms with E-state index in [-0.39, 0.29) is 11.8 Å². The first kappa shape index (κ1) is 13.5. The number of nitrogens with one attached hydrogen (secondary N) is 3. The Morgan fingerprint density at radius 1 is 1.53 bits per heavy atom. The van der Waals surface area contributed by atoms with Gasteiger partial charge >= 0.3 is 0 Å². The predicted octanol–water partition coefficient (Wildman–Crippen LogP) is 0.779. The first-order chi connectivity index (χ1) is 9.10. The number of aromatic nitrogens is 2. The molecule has 8 heteroatoms. The fourth-order valence-electron chi connectivity index (χ4n) is 1.71. The lowest BCUT2D eigenvalue weighted by atomic mass is 10.1. The normalized spacial score (nSPS) is 18.9. The van der Waals surface area contributed by atoms with Crippen molar-refractivity contribution in [1.82, 2.24) is 15.3 Å². The monoisotopic (exact) mass is 283 g/mol. The highest BCUT2D eigenvalue weighted by molar-refractivity contribution is 6.32. The van der Waals surface area contributed by atoms with E-state index in [1.165, 1.54) is 6.20 Å². The molecular formula is C11H14ClN5O2. The van der Waals surface area contributed by atoms with Gasteiger partial charge in [-0.2, -0.15) is 4.98 Å². The fraction of sp³-hybridized carbons (Fsp3) is 0.455. The number of carbonyl (C=O) groups excluding carboxylic acids is 2. The van der Waals surface area contributed by atoms with Crippen LogP contribution >= 0.6 is 11.6 Å². The third kappa shape index (κ3) is 3.31. The van der Waals surface area contributed by atoms with E-state index in [9.17, 15) is 9.59 Å². The van der Waals surface area contributed by atoms with E-state index >= 15 is 0 Å². The average Bonchev–Trinajstić information content (AvgIpc) is 2.37. The van der Waals surface area contributed by atoms with E-state index in [2.05, 4.69) is 25.9 Å². The standard InChI is InChI=1S/C11H14ClN5O2/c1-2-13-11-14-5-6(12)9(17-11)15-7-3-4-8(18)16-10(7)19/h5,7H,2-4H2,1H3,(H,16,18,19)(H2,13,14,15,17). The summed E-state index contributed by atoms with van der Waals surface area (Å²) < 4.78 is 0. The lowest BCUT2D eigenvalue weighted by Gasteiger charge is -2.22. The van der Waals surface area contributed by atoms with Crippen molar-refractivity contribution < 1.29 is 9.59 Å². The Hall–Kier alpha value is -1.89. The van der Waals surface area contributed by atoms with Gasteiger partial charge in [-0.15, -0.1) is 0 Å². The quantitative estimate of drug-likeness (QED) is 0.707. The highest BCUT2D eigenvalue weighted by Gasteiger charge is 2.27. The topological polar surface area (TPSA) is 96.0 Å². The van der Waals surface area contributed by atoms with Crippen LogP contribution in [0.5, 0.6) is 0 Å². The highest BCUT2D eigenvalue weighted by Crippen LogP contribution is 2.21. The van der Waals surface area contributed by atoms with Crippen molar-refractivity contribution in [3.8, 4) is 0 Å². The fourth-order valence-corrected chi connectivity index (χ4v) is 1.85. The zero-order valence-corrected chi connectivity index (χ0v) is 11.1. The first-order valence-electron chi connectivity index (χ1n) is 5.96. The van der Waals surface area contributed by atoms with Crippen LogP contribution in [-0.2, 0) is 9.59 Å². The summed E-state index contributed by atoms with van der Waals surface area (Å²) in [4.78, 5) is 30.9. The maximum absolute atomic E-state index is 11.6. The highest BCUT2D eigenvalue weighted by atomic mass is 35.5. The van der Waals surface area contributed by atoms with Gasteiger partial charge in [0.05, 0.1) is 6.20 Å². The zero-order chi connectivity index (χ0) is 13.8. The Bertz CT molecular complexity index is 508. The second-order valence-electron chi connectivity index (χ2n) is 4.07. The Morgan fingerprint density at radius 2 is 2.32 bits per heavy atom. The minimum atomic E-state index is -0.514. The summed E-state index contributed by atoms with van der Waals surface area (Å²) in [5, 5.41) is 8.48. The van der Waals surface area contributed by atoms with Gasteiger partial charge in [0.25, 0.3) is 0 Å². The summed E-state index contributed by atoms with van der Waals surface area (Å²) in [6.07, 6.45) is 2.18. The van der Waals surface area contributed by atoms with Crippen molar-refractivity contribution >= 4 is 35.2 Å². The predicted molar refractivity (Wildman–Crippen MR) is 71.0 cm³/mol. The van der Waals surface area contributed by atoms with Gasteiger partial charge in [0.2, 0.25) is 17.8 Å². The zero-order valence-electron chi connectivity index (χ0n) is 10.4. The molecule has 102 valence electrons. The number of hydrogen-bond acceptors (Lipinski definition) is 6. The molecular weight excluding hydrogens is 270 g/mol. The molecule has 2 rings (SSSR count). The Balaban J connectivity index is 2.11. The first-order valence-corrected chi connectivity index (χ1v) is 6.34. The van der Waals surface area contributed by atoms with Crippen LogP contribution in [0.15, 0.2) is 6.20 Å². The molecule has 2 heterocycles. The van der Waals surface area contributed by atoms with Crippen LogP contribution in [0.4, 0.5) is 11.8 Å². The van der Waals surface area contributed by atoms with E-state index in [0.717, 1.165) is 0 Å². The Kier molecular flexibility index (Phi) is 4.16. The maximum atomic E-state index is 11.6. The van der Waals surface area contributed by atoms with Crippen LogP contribution in [0.3, 0.4) is 0 Å². The van der Waals surface area contributed by atoms with Crippen molar-refractivity contribution in [2.75, 3.05) is 17.2 Å². The van der Waals surface area contributed by atoms with Crippen molar-refractivity contribution in [2.45, 2.75) is 25.8 Å². The van der Waals surface area contributed by atoms with Crippen LogP contribution in [0.25, 0.3) is 0 Å². The molecule has 0 spiro atoms. The molecule has 0 aromatic carbocycles. The summed E-state index contributed by atoms with van der Waals surface area (Å²) in [5.74, 6) is 0.185. The lowest BCUT2D eigenvalue weighted by molar-refractivity contribution is -0.133. The van der Waals surface area contributed by atoms with Crippen molar-refractivity contribution in [3.05, 3.63) is 11.2 Å². The number of imide groups is 1. The molecule has 0 aliphatic carbocycles. The SMILES string of the molecule is CCNc1ncc(Cl)c(NC2CCC(=O)NC2=O)n1. The minimum absolute atomic E-state index is 0.259. The number of rotatable bonds is 4. The van der Waals surface area contributed by atoms with E-state index < -0.39 is 6.04 Å². The van der Waals surface area contributed by atoms with Crippen molar-refractivity contribution in [1.29, 1.82) is 0 Å². The van der Waals surface area contributed by atoms with Gasteiger partial charge in [-0.05, 0) is 13.3 Å². The average molecular weight is 284 g/mol. The second-order valence-corrected chi connectivity index (χ2v) is 4.48. The number of anilines is 2. The largest absolute Gasteiger partial charge is 0.357 e. The number of carbonyl (C=O) groups is 2. The molecule has 19 heavy (non-hydrogen) atoms. The molecule has 3 N–H and O–H groups in total. The Labute approximate surface area is 115 Å². The van der Waals surface area contributed by atoms with Crippen LogP contribution in [0, 0.1) is 0 Å². The molecule has 1 aromatic heterocycles. The van der Waals surface area contributed by atoms with E-state index in [1.807, 2.05) is 6.92 Å². The molecule has 0 bridgehead atoms. The van der Waals surface area contributed by atoms with Gasteiger partial charge in [0.1, 0.15) is 11.1 Å². The molecule has 0 saturated carbocycles. The molecule has 1 saturated heterocycles. The third-order valence-electron chi connectivity index (χ3n) is 2.63. The van der Waals surface area contributed by atoms with Crippen LogP contribution in [0.1, 0.15) is 19.8 Å². The molecule has 1 fully saturated rings. The summed E-state index contributed by atoms with van der Waals surface area (Å²) in [6.45, 7) is 2.60. The van der Waals surface area contributed by atoms with E-state index in [4.69, 9.17) is 11.6 Å². The summed E-state index contributed by atoms with van der Waals surface area (Å²) in [6, 6.07) is -0.514. The van der Waals surface area contributed by atoms with Gasteiger partial charge in [0, 0.05) is 13.0 Å². The lowest BCUT2D eigenvalue weighted by Crippen LogP contribution is -2.47. The van der Waals surface area contributed by atoms with Crippen LogP contribution < -0.4 is 16.0 Å². The number of halogens is 1. The molecule has 0 radical (unpaired) electrons. The second kappa shape index (κ2) is 5.83. The Morgan fingerprint density at radius 3 is 3.00 bits per heavy atom. The van der Waals surface area contributed by atoms with Crippen molar-refractivity contribution in [3.63, 3.8) is 0 Å². The molecule has 1 aliphatic rings. The number of hydrogen-bond donors (Lipinski definition) is 3. The minimum Gasteiger partial charge on any atom is -0.357 e. The summed E-state index contributed by atoms with van der Waals surface area (Å²) in [5.41, 5.74) is 0. The summed E-state index contributed by atoms with van der Waals surface area (Å²) in [7, 11) is 0. The molecule has 1 aromatic rings. The molecule has 1 unspecified atom stereocenters. The number of nitrogens with zero attached hydrogens (tertiary/aromatic N) is 2. The number of piperidine rings is 1. The van der Waals surface area contributed by atoms with Gasteiger partial charge in [-0.25, -0.2) is 4.98 Å². The number of amides is 2. The molecule has 7 nitrogen and oxygen atoms in total. The maximum Gasteiger partial charge on any atom is 0.249 e. The van der Waals surface area contributed by atoms with Crippen LogP contribution in [-0.4, -0.2) is 34.4 Å². The van der Waals surface area contributed by atoms with E-state index in [0.29, 0.717) is 36.2 Å². The van der Waals surface area contributed by atoms with Gasteiger partial charge in [0.15, 0.2) is 5.82 Å². The molecule has 1 aliphatic heterocycles. The third-order valence-corrected chi connectivity index (χ3v) is 2.91. The molecule has 2 amide bonds. The van der Waals surface area contributed by atoms with E-state index in [1.54, 1.807) is 0 Å². The van der Waals surface area contributed by atoms with Crippen LogP contribution in [0.2, 0.25) is 5.02 Å². The smallest absolute Gasteiger partial charge is 0.249 e.